The lowest BCUT2D eigenvalue weighted by Crippen LogP contribution is -2.38. The van der Waals surface area contributed by atoms with Crippen molar-refractivity contribution >= 4 is 23.2 Å². The van der Waals surface area contributed by atoms with Crippen LogP contribution >= 0.6 is 23.2 Å². The molecule has 1 N–H and O–H groups in total. The van der Waals surface area contributed by atoms with Gasteiger partial charge in [-0.1, -0.05) is 35.3 Å². The number of hydrogen-bond donors (Lipinski definition) is 1. The summed E-state index contributed by atoms with van der Waals surface area (Å²) in [7, 11) is 0. The zero-order valence-corrected chi connectivity index (χ0v) is 12.3. The van der Waals surface area contributed by atoms with Gasteiger partial charge < -0.3 is 10.1 Å². The Bertz CT molecular complexity index is 416. The third-order valence-electron chi connectivity index (χ3n) is 3.53. The van der Waals surface area contributed by atoms with Crippen LogP contribution in [0.4, 0.5) is 0 Å². The van der Waals surface area contributed by atoms with Gasteiger partial charge >= 0.3 is 0 Å². The summed E-state index contributed by atoms with van der Waals surface area (Å²) in [4.78, 5) is 0. The standard InChI is InChI=1S/C14H19Cl2NO/c1-10(11-5-3-6-12(15)13(11)16)17-9-14(2)7-4-8-18-14/h3,5-6,10,17H,4,7-9H2,1-2H3. The third-order valence-corrected chi connectivity index (χ3v) is 4.36. The number of halogens is 2. The molecular weight excluding hydrogens is 269 g/mol. The Morgan fingerprint density at radius 1 is 1.44 bits per heavy atom. The molecule has 0 bridgehead atoms. The molecule has 0 spiro atoms. The van der Waals surface area contributed by atoms with E-state index in [4.69, 9.17) is 27.9 Å². The Balaban J connectivity index is 1.99. The fraction of sp³-hybridized carbons (Fsp3) is 0.571. The summed E-state index contributed by atoms with van der Waals surface area (Å²) in [5, 5.41) is 4.72. The maximum atomic E-state index is 6.21. The van der Waals surface area contributed by atoms with E-state index in [1.807, 2.05) is 18.2 Å². The molecule has 1 aliphatic heterocycles. The monoisotopic (exact) mass is 287 g/mol. The fourth-order valence-electron chi connectivity index (χ4n) is 2.31. The average Bonchev–Trinajstić information content (AvgIpc) is 2.77. The summed E-state index contributed by atoms with van der Waals surface area (Å²) < 4.78 is 5.76. The molecule has 18 heavy (non-hydrogen) atoms. The van der Waals surface area contributed by atoms with Gasteiger partial charge in [-0.3, -0.25) is 0 Å². The van der Waals surface area contributed by atoms with Gasteiger partial charge in [0.2, 0.25) is 0 Å². The quantitative estimate of drug-likeness (QED) is 0.896. The van der Waals surface area contributed by atoms with E-state index < -0.39 is 0 Å². The lowest BCUT2D eigenvalue weighted by atomic mass is 10.0. The number of nitrogens with one attached hydrogen (secondary N) is 1. The van der Waals surface area contributed by atoms with Crippen LogP contribution in [0.1, 0.15) is 38.3 Å². The van der Waals surface area contributed by atoms with Gasteiger partial charge in [0.05, 0.1) is 15.6 Å². The van der Waals surface area contributed by atoms with Crippen molar-refractivity contribution in [1.29, 1.82) is 0 Å². The van der Waals surface area contributed by atoms with E-state index in [1.54, 1.807) is 0 Å². The Kier molecular flexibility index (Phi) is 4.54. The molecule has 100 valence electrons. The van der Waals surface area contributed by atoms with Gasteiger partial charge in [0.1, 0.15) is 0 Å². The molecule has 1 heterocycles. The van der Waals surface area contributed by atoms with Gasteiger partial charge in [0, 0.05) is 19.2 Å². The van der Waals surface area contributed by atoms with Crippen molar-refractivity contribution in [2.75, 3.05) is 13.2 Å². The third kappa shape index (κ3) is 3.18. The van der Waals surface area contributed by atoms with E-state index in [0.717, 1.165) is 31.6 Å². The van der Waals surface area contributed by atoms with Crippen LogP contribution in [0.25, 0.3) is 0 Å². The van der Waals surface area contributed by atoms with Crippen LogP contribution in [0.2, 0.25) is 10.0 Å². The van der Waals surface area contributed by atoms with Crippen molar-refractivity contribution in [2.24, 2.45) is 0 Å². The lowest BCUT2D eigenvalue weighted by Gasteiger charge is -2.26. The van der Waals surface area contributed by atoms with Crippen molar-refractivity contribution in [3.05, 3.63) is 33.8 Å². The van der Waals surface area contributed by atoms with Gasteiger partial charge in [-0.2, -0.15) is 0 Å². The van der Waals surface area contributed by atoms with Crippen molar-refractivity contribution in [3.8, 4) is 0 Å². The van der Waals surface area contributed by atoms with Crippen molar-refractivity contribution in [2.45, 2.75) is 38.3 Å². The second-order valence-corrected chi connectivity index (χ2v) is 5.93. The molecule has 2 unspecified atom stereocenters. The highest BCUT2D eigenvalue weighted by molar-refractivity contribution is 6.42. The zero-order valence-electron chi connectivity index (χ0n) is 10.8. The van der Waals surface area contributed by atoms with Crippen LogP contribution < -0.4 is 5.32 Å². The molecule has 0 aliphatic carbocycles. The van der Waals surface area contributed by atoms with E-state index in [2.05, 4.69) is 19.2 Å². The lowest BCUT2D eigenvalue weighted by molar-refractivity contribution is 0.0191. The average molecular weight is 288 g/mol. The van der Waals surface area contributed by atoms with Gasteiger partial charge in [0.25, 0.3) is 0 Å². The first-order chi connectivity index (χ1) is 8.52. The predicted octanol–water partition coefficient (Wildman–Crippen LogP) is 4.21. The Hall–Kier alpha value is -0.280. The molecule has 0 aromatic heterocycles. The van der Waals surface area contributed by atoms with E-state index in [1.165, 1.54) is 0 Å². The number of rotatable bonds is 4. The van der Waals surface area contributed by atoms with E-state index >= 15 is 0 Å². The highest BCUT2D eigenvalue weighted by Gasteiger charge is 2.30. The minimum Gasteiger partial charge on any atom is -0.374 e. The molecule has 0 amide bonds. The number of ether oxygens (including phenoxy) is 1. The SMILES string of the molecule is CC(NCC1(C)CCCO1)c1cccc(Cl)c1Cl. The first-order valence-corrected chi connectivity index (χ1v) is 7.09. The second-order valence-electron chi connectivity index (χ2n) is 5.15. The van der Waals surface area contributed by atoms with Crippen LogP contribution in [0.15, 0.2) is 18.2 Å². The summed E-state index contributed by atoms with van der Waals surface area (Å²) in [6.07, 6.45) is 2.25. The van der Waals surface area contributed by atoms with Gasteiger partial charge in [0.15, 0.2) is 0 Å². The molecule has 2 atom stereocenters. The topological polar surface area (TPSA) is 21.3 Å². The maximum absolute atomic E-state index is 6.21. The molecule has 4 heteroatoms. The summed E-state index contributed by atoms with van der Waals surface area (Å²) in [5.41, 5.74) is 0.991. The minimum atomic E-state index is -0.0424. The van der Waals surface area contributed by atoms with Crippen LogP contribution in [-0.2, 0) is 4.74 Å². The maximum Gasteiger partial charge on any atom is 0.0779 e. The Morgan fingerprint density at radius 2 is 2.22 bits per heavy atom. The molecule has 1 saturated heterocycles. The molecule has 1 aromatic carbocycles. The van der Waals surface area contributed by atoms with E-state index in [0.29, 0.717) is 10.0 Å². The first-order valence-electron chi connectivity index (χ1n) is 6.33. The zero-order chi connectivity index (χ0) is 13.2. The fourth-order valence-corrected chi connectivity index (χ4v) is 2.78. The summed E-state index contributed by atoms with van der Waals surface area (Å²) in [5.74, 6) is 0. The second kappa shape index (κ2) is 5.79. The van der Waals surface area contributed by atoms with E-state index in [-0.39, 0.29) is 11.6 Å². The Morgan fingerprint density at radius 3 is 2.89 bits per heavy atom. The van der Waals surface area contributed by atoms with Crippen LogP contribution in [0.3, 0.4) is 0 Å². The van der Waals surface area contributed by atoms with Gasteiger partial charge in [-0.15, -0.1) is 0 Å². The Labute approximate surface area is 119 Å². The largest absolute Gasteiger partial charge is 0.374 e. The number of hydrogen-bond acceptors (Lipinski definition) is 2. The molecule has 2 nitrogen and oxygen atoms in total. The minimum absolute atomic E-state index is 0.0424. The summed E-state index contributed by atoms with van der Waals surface area (Å²) >= 11 is 12.2. The molecule has 0 radical (unpaired) electrons. The highest BCUT2D eigenvalue weighted by Crippen LogP contribution is 2.30. The van der Waals surface area contributed by atoms with Crippen LogP contribution in [0, 0.1) is 0 Å². The van der Waals surface area contributed by atoms with Crippen molar-refractivity contribution in [3.63, 3.8) is 0 Å². The summed E-state index contributed by atoms with van der Waals surface area (Å²) in [6, 6.07) is 5.90. The van der Waals surface area contributed by atoms with E-state index in [9.17, 15) is 0 Å². The molecule has 0 saturated carbocycles. The predicted molar refractivity (Wildman–Crippen MR) is 76.5 cm³/mol. The van der Waals surface area contributed by atoms with Gasteiger partial charge in [-0.05, 0) is 38.3 Å². The molecule has 1 aromatic rings. The van der Waals surface area contributed by atoms with Crippen molar-refractivity contribution < 1.29 is 4.74 Å². The first kappa shape index (κ1) is 14.1. The van der Waals surface area contributed by atoms with Crippen LogP contribution in [0.5, 0.6) is 0 Å². The van der Waals surface area contributed by atoms with Crippen molar-refractivity contribution in [1.82, 2.24) is 5.32 Å². The highest BCUT2D eigenvalue weighted by atomic mass is 35.5. The molecule has 1 fully saturated rings. The molecule has 2 rings (SSSR count). The smallest absolute Gasteiger partial charge is 0.0779 e. The van der Waals surface area contributed by atoms with Crippen LogP contribution in [-0.4, -0.2) is 18.8 Å². The van der Waals surface area contributed by atoms with Gasteiger partial charge in [-0.25, -0.2) is 0 Å². The number of benzene rings is 1. The molecular formula is C14H19Cl2NO. The normalized spacial score (nSPS) is 25.3. The summed E-state index contributed by atoms with van der Waals surface area (Å²) in [6.45, 7) is 5.94. The molecule has 1 aliphatic rings.